The molecule has 1 aromatic rings. The van der Waals surface area contributed by atoms with Gasteiger partial charge in [0.05, 0.1) is 22.3 Å². The van der Waals surface area contributed by atoms with Crippen LogP contribution in [0.5, 0.6) is 0 Å². The van der Waals surface area contributed by atoms with E-state index >= 15 is 0 Å². The molecule has 4 nitrogen and oxygen atoms in total. The first kappa shape index (κ1) is 14.4. The van der Waals surface area contributed by atoms with E-state index in [1.165, 1.54) is 19.2 Å². The van der Waals surface area contributed by atoms with Crippen LogP contribution in [0.15, 0.2) is 12.1 Å². The molecule has 1 rings (SSSR count). The topological polar surface area (TPSA) is 58.6 Å². The molecule has 2 N–H and O–H groups in total. The summed E-state index contributed by atoms with van der Waals surface area (Å²) in [5.74, 6) is -1.06. The fourth-order valence-corrected chi connectivity index (χ4v) is 2.12. The van der Waals surface area contributed by atoms with E-state index in [0.717, 1.165) is 0 Å². The summed E-state index contributed by atoms with van der Waals surface area (Å²) >= 11 is 17.6. The van der Waals surface area contributed by atoms with Crippen LogP contribution in [0, 0.1) is 0 Å². The molecule has 0 heterocycles. The number of hydrogen-bond donors (Lipinski definition) is 2. The molecule has 0 radical (unpaired) electrons. The number of carboxylic acids is 1. The fraction of sp³-hybridized carbons (Fsp3) is 0.300. The Labute approximate surface area is 113 Å². The number of anilines is 1. The summed E-state index contributed by atoms with van der Waals surface area (Å²) in [5.41, 5.74) is 0.321. The lowest BCUT2D eigenvalue weighted by molar-refractivity contribution is -0.139. The Morgan fingerprint density at radius 1 is 1.41 bits per heavy atom. The first-order chi connectivity index (χ1) is 7.95. The average molecular weight is 299 g/mol. The molecule has 94 valence electrons. The Morgan fingerprint density at radius 3 is 2.35 bits per heavy atom. The molecule has 0 aromatic heterocycles. The number of carbonyl (C=O) groups is 1. The Hall–Kier alpha value is -0.680. The minimum atomic E-state index is -1.06. The van der Waals surface area contributed by atoms with Gasteiger partial charge in [-0.25, -0.2) is 4.79 Å². The van der Waals surface area contributed by atoms with Crippen LogP contribution >= 0.6 is 34.8 Å². The molecular weight excluding hydrogens is 288 g/mol. The molecule has 0 saturated carbocycles. The summed E-state index contributed by atoms with van der Waals surface area (Å²) < 4.78 is 4.79. The van der Waals surface area contributed by atoms with E-state index in [1.807, 2.05) is 0 Å². The maximum atomic E-state index is 10.9. The van der Waals surface area contributed by atoms with Gasteiger partial charge in [-0.15, -0.1) is 0 Å². The van der Waals surface area contributed by atoms with Crippen LogP contribution in [-0.2, 0) is 9.53 Å². The summed E-state index contributed by atoms with van der Waals surface area (Å²) in [6, 6.07) is 2.02. The maximum Gasteiger partial charge on any atom is 0.328 e. The van der Waals surface area contributed by atoms with Gasteiger partial charge in [-0.2, -0.15) is 0 Å². The first-order valence-corrected chi connectivity index (χ1v) is 5.72. The number of halogens is 3. The Balaban J connectivity index is 2.97. The summed E-state index contributed by atoms with van der Waals surface area (Å²) in [6.45, 7) is -0.00931. The van der Waals surface area contributed by atoms with Gasteiger partial charge >= 0.3 is 5.97 Å². The number of methoxy groups -OCH3 is 1. The van der Waals surface area contributed by atoms with Gasteiger partial charge in [0.1, 0.15) is 6.04 Å². The second-order valence-electron chi connectivity index (χ2n) is 3.23. The zero-order valence-electron chi connectivity index (χ0n) is 8.84. The zero-order chi connectivity index (χ0) is 13.0. The molecule has 1 atom stereocenters. The molecule has 0 aliphatic carbocycles. The third-order valence-electron chi connectivity index (χ3n) is 1.96. The second-order valence-corrected chi connectivity index (χ2v) is 4.49. The van der Waals surface area contributed by atoms with Crippen molar-refractivity contribution in [1.29, 1.82) is 0 Å². The molecule has 1 aromatic carbocycles. The summed E-state index contributed by atoms with van der Waals surface area (Å²) in [7, 11) is 1.41. The first-order valence-electron chi connectivity index (χ1n) is 4.58. The lowest BCUT2D eigenvalue weighted by Crippen LogP contribution is -2.33. The van der Waals surface area contributed by atoms with Crippen LogP contribution in [0.2, 0.25) is 15.1 Å². The van der Waals surface area contributed by atoms with E-state index in [9.17, 15) is 4.79 Å². The van der Waals surface area contributed by atoms with Crippen molar-refractivity contribution in [2.24, 2.45) is 0 Å². The predicted octanol–water partition coefficient (Wildman–Crippen LogP) is 3.16. The number of aliphatic carboxylic acids is 1. The van der Waals surface area contributed by atoms with Crippen molar-refractivity contribution in [1.82, 2.24) is 0 Å². The Morgan fingerprint density at radius 2 is 1.94 bits per heavy atom. The molecule has 17 heavy (non-hydrogen) atoms. The van der Waals surface area contributed by atoms with Gasteiger partial charge in [0, 0.05) is 12.1 Å². The lowest BCUT2D eigenvalue weighted by Gasteiger charge is -2.17. The third kappa shape index (κ3) is 3.92. The number of ether oxygens (including phenoxy) is 1. The highest BCUT2D eigenvalue weighted by Crippen LogP contribution is 2.34. The van der Waals surface area contributed by atoms with Gasteiger partial charge in [-0.3, -0.25) is 0 Å². The SMILES string of the molecule is COCC(Nc1c(Cl)cc(Cl)cc1Cl)C(=O)O. The number of carboxylic acid groups (broad SMARTS) is 1. The standard InChI is InChI=1S/C10H10Cl3NO3/c1-17-4-8(10(15)16)14-9-6(12)2-5(11)3-7(9)13/h2-3,8,14H,4H2,1H3,(H,15,16). The van der Waals surface area contributed by atoms with E-state index in [-0.39, 0.29) is 16.7 Å². The van der Waals surface area contributed by atoms with E-state index in [4.69, 9.17) is 44.6 Å². The molecule has 0 spiro atoms. The number of nitrogens with one attached hydrogen (secondary N) is 1. The van der Waals surface area contributed by atoms with Crippen LogP contribution in [0.25, 0.3) is 0 Å². The van der Waals surface area contributed by atoms with Crippen molar-refractivity contribution in [2.45, 2.75) is 6.04 Å². The summed E-state index contributed by atoms with van der Waals surface area (Å²) in [6.07, 6.45) is 0. The van der Waals surface area contributed by atoms with Crippen LogP contribution in [0.1, 0.15) is 0 Å². The van der Waals surface area contributed by atoms with Gasteiger partial charge in [0.25, 0.3) is 0 Å². The fourth-order valence-electron chi connectivity index (χ4n) is 1.20. The van der Waals surface area contributed by atoms with Crippen LogP contribution in [0.3, 0.4) is 0 Å². The largest absolute Gasteiger partial charge is 0.480 e. The van der Waals surface area contributed by atoms with E-state index in [1.54, 1.807) is 0 Å². The predicted molar refractivity (Wildman–Crippen MR) is 68.4 cm³/mol. The van der Waals surface area contributed by atoms with Gasteiger partial charge in [-0.05, 0) is 12.1 Å². The maximum absolute atomic E-state index is 10.9. The minimum Gasteiger partial charge on any atom is -0.480 e. The van der Waals surface area contributed by atoms with Crippen LogP contribution in [-0.4, -0.2) is 30.8 Å². The molecule has 0 aliphatic heterocycles. The third-order valence-corrected chi connectivity index (χ3v) is 2.77. The number of hydrogen-bond acceptors (Lipinski definition) is 3. The normalized spacial score (nSPS) is 12.2. The van der Waals surface area contributed by atoms with Crippen molar-refractivity contribution >= 4 is 46.5 Å². The van der Waals surface area contributed by atoms with Gasteiger partial charge in [0.2, 0.25) is 0 Å². The van der Waals surface area contributed by atoms with Crippen molar-refractivity contribution < 1.29 is 14.6 Å². The van der Waals surface area contributed by atoms with E-state index < -0.39 is 12.0 Å². The quantitative estimate of drug-likeness (QED) is 0.876. The molecule has 0 bridgehead atoms. The van der Waals surface area contributed by atoms with Crippen molar-refractivity contribution in [3.8, 4) is 0 Å². The van der Waals surface area contributed by atoms with Crippen molar-refractivity contribution in [3.63, 3.8) is 0 Å². The molecule has 7 heteroatoms. The Bertz CT molecular complexity index is 402. The van der Waals surface area contributed by atoms with Gasteiger partial charge in [-0.1, -0.05) is 34.8 Å². The van der Waals surface area contributed by atoms with E-state index in [0.29, 0.717) is 10.7 Å². The molecule has 0 amide bonds. The molecular formula is C10H10Cl3NO3. The van der Waals surface area contributed by atoms with Gasteiger partial charge < -0.3 is 15.2 Å². The van der Waals surface area contributed by atoms with E-state index in [2.05, 4.69) is 5.32 Å². The molecule has 0 aliphatic rings. The van der Waals surface area contributed by atoms with Gasteiger partial charge in [0.15, 0.2) is 0 Å². The molecule has 0 fully saturated rings. The van der Waals surface area contributed by atoms with Crippen molar-refractivity contribution in [3.05, 3.63) is 27.2 Å². The number of rotatable bonds is 5. The minimum absolute atomic E-state index is 0.00931. The highest BCUT2D eigenvalue weighted by atomic mass is 35.5. The van der Waals surface area contributed by atoms with Crippen molar-refractivity contribution in [2.75, 3.05) is 19.0 Å². The summed E-state index contributed by atoms with van der Waals surface area (Å²) in [4.78, 5) is 10.9. The Kier molecular flexibility index (Phi) is 5.33. The zero-order valence-corrected chi connectivity index (χ0v) is 11.1. The lowest BCUT2D eigenvalue weighted by atomic mass is 10.2. The monoisotopic (exact) mass is 297 g/mol. The second kappa shape index (κ2) is 6.31. The van der Waals surface area contributed by atoms with Crippen LogP contribution in [0.4, 0.5) is 5.69 Å². The molecule has 0 saturated heterocycles. The smallest absolute Gasteiger partial charge is 0.328 e. The number of benzene rings is 1. The molecule has 1 unspecified atom stereocenters. The highest BCUT2D eigenvalue weighted by Gasteiger charge is 2.19. The van der Waals surface area contributed by atoms with Crippen LogP contribution < -0.4 is 5.32 Å². The summed E-state index contributed by atoms with van der Waals surface area (Å²) in [5, 5.41) is 12.5. The highest BCUT2D eigenvalue weighted by molar-refractivity contribution is 6.41. The average Bonchev–Trinajstić information content (AvgIpc) is 2.21.